The molecule has 2 aromatic carbocycles. The molecule has 0 bridgehead atoms. The molecule has 3 nitrogen and oxygen atoms in total. The zero-order valence-corrected chi connectivity index (χ0v) is 12.1. The first-order chi connectivity index (χ1) is 8.72. The summed E-state index contributed by atoms with van der Waals surface area (Å²) in [5.74, 6) is 0.0790. The van der Waals surface area contributed by atoms with Gasteiger partial charge >= 0.3 is 0 Å². The Balaban J connectivity index is 2.18. The first-order valence-corrected chi connectivity index (χ1v) is 7.33. The predicted molar refractivity (Wildman–Crippen MR) is 84.0 cm³/mol. The molecular weight excluding hydrogens is 339 g/mol. The van der Waals surface area contributed by atoms with Crippen molar-refractivity contribution in [3.8, 4) is 0 Å². The highest BCUT2D eigenvalue weighted by Crippen LogP contribution is 2.24. The zero-order valence-electron chi connectivity index (χ0n) is 9.95. The fourth-order valence-corrected chi connectivity index (χ4v) is 2.27. The summed E-state index contributed by atoms with van der Waals surface area (Å²) >= 11 is 2.06. The van der Waals surface area contributed by atoms with Crippen molar-refractivity contribution in [3.05, 3.63) is 42.0 Å². The maximum Gasteiger partial charge on any atom is 0.229 e. The lowest BCUT2D eigenvalue weighted by atomic mass is 10.0. The standard InChI is InChI=1S/C14H15IN2O/c15-9-14(18)17-8-7-10-3-1-5-12-11(10)4-2-6-13(12)16/h1-6H,7-9,16H2,(H,17,18). The summed E-state index contributed by atoms with van der Waals surface area (Å²) in [5, 5.41) is 5.13. The Labute approximate surface area is 120 Å². The Bertz CT molecular complexity index is 569. The molecule has 0 spiro atoms. The molecule has 0 saturated heterocycles. The molecule has 4 heteroatoms. The minimum absolute atomic E-state index is 0.0790. The van der Waals surface area contributed by atoms with Crippen LogP contribution in [0, 0.1) is 0 Å². The number of nitrogens with one attached hydrogen (secondary N) is 1. The molecule has 0 atom stereocenters. The van der Waals surface area contributed by atoms with Crippen molar-refractivity contribution in [1.29, 1.82) is 0 Å². The Morgan fingerprint density at radius 3 is 2.67 bits per heavy atom. The Kier molecular flexibility index (Phi) is 4.41. The number of hydrogen-bond donors (Lipinski definition) is 2. The van der Waals surface area contributed by atoms with E-state index >= 15 is 0 Å². The van der Waals surface area contributed by atoms with Crippen LogP contribution in [0.3, 0.4) is 0 Å². The summed E-state index contributed by atoms with van der Waals surface area (Å²) in [6.45, 7) is 0.662. The second-order valence-corrected chi connectivity index (χ2v) is 4.86. The van der Waals surface area contributed by atoms with Crippen molar-refractivity contribution in [2.75, 3.05) is 16.7 Å². The summed E-state index contributed by atoms with van der Waals surface area (Å²) < 4.78 is 0.500. The van der Waals surface area contributed by atoms with Gasteiger partial charge in [-0.25, -0.2) is 0 Å². The third-order valence-corrected chi connectivity index (χ3v) is 3.58. The van der Waals surface area contributed by atoms with E-state index in [9.17, 15) is 4.79 Å². The zero-order chi connectivity index (χ0) is 13.0. The second kappa shape index (κ2) is 6.04. The van der Waals surface area contributed by atoms with Crippen molar-refractivity contribution >= 4 is 45.0 Å². The molecule has 0 aliphatic rings. The van der Waals surface area contributed by atoms with E-state index in [2.05, 4.69) is 40.0 Å². The van der Waals surface area contributed by atoms with Gasteiger partial charge in [-0.1, -0.05) is 52.9 Å². The molecule has 0 fully saturated rings. The maximum atomic E-state index is 11.2. The number of hydrogen-bond acceptors (Lipinski definition) is 2. The van der Waals surface area contributed by atoms with Crippen LogP contribution in [0.2, 0.25) is 0 Å². The van der Waals surface area contributed by atoms with Crippen LogP contribution in [-0.2, 0) is 11.2 Å². The first kappa shape index (κ1) is 13.1. The van der Waals surface area contributed by atoms with Crippen LogP contribution in [0.1, 0.15) is 5.56 Å². The van der Waals surface area contributed by atoms with Crippen molar-refractivity contribution in [2.45, 2.75) is 6.42 Å². The predicted octanol–water partition coefficient (Wildman–Crippen LogP) is 2.52. The molecule has 0 aliphatic heterocycles. The van der Waals surface area contributed by atoms with E-state index in [1.165, 1.54) is 10.9 Å². The van der Waals surface area contributed by atoms with Gasteiger partial charge in [0.05, 0.1) is 4.43 Å². The van der Waals surface area contributed by atoms with Gasteiger partial charge in [-0.3, -0.25) is 4.79 Å². The number of nitrogens with two attached hydrogens (primary N) is 1. The van der Waals surface area contributed by atoms with Crippen molar-refractivity contribution in [1.82, 2.24) is 5.32 Å². The number of carbonyl (C=O) groups is 1. The number of benzene rings is 2. The van der Waals surface area contributed by atoms with E-state index < -0.39 is 0 Å². The highest BCUT2D eigenvalue weighted by Gasteiger charge is 2.03. The van der Waals surface area contributed by atoms with E-state index in [0.29, 0.717) is 11.0 Å². The number of rotatable bonds is 4. The van der Waals surface area contributed by atoms with Gasteiger partial charge in [0.1, 0.15) is 0 Å². The molecule has 0 heterocycles. The van der Waals surface area contributed by atoms with Crippen LogP contribution in [0.15, 0.2) is 36.4 Å². The minimum atomic E-state index is 0.0790. The minimum Gasteiger partial charge on any atom is -0.398 e. The van der Waals surface area contributed by atoms with Crippen molar-refractivity contribution < 1.29 is 4.79 Å². The maximum absolute atomic E-state index is 11.2. The summed E-state index contributed by atoms with van der Waals surface area (Å²) in [6.07, 6.45) is 0.823. The number of fused-ring (bicyclic) bond motifs is 1. The van der Waals surface area contributed by atoms with E-state index in [1.807, 2.05) is 24.3 Å². The van der Waals surface area contributed by atoms with Crippen LogP contribution in [0.5, 0.6) is 0 Å². The molecule has 18 heavy (non-hydrogen) atoms. The molecule has 0 aliphatic carbocycles. The average molecular weight is 354 g/mol. The Morgan fingerprint density at radius 2 is 1.89 bits per heavy atom. The highest BCUT2D eigenvalue weighted by molar-refractivity contribution is 14.1. The number of nitrogen functional groups attached to an aromatic ring is 1. The fraction of sp³-hybridized carbons (Fsp3) is 0.214. The normalized spacial score (nSPS) is 10.5. The van der Waals surface area contributed by atoms with Gasteiger partial charge in [-0.05, 0) is 23.4 Å². The van der Waals surface area contributed by atoms with Gasteiger partial charge < -0.3 is 11.1 Å². The first-order valence-electron chi connectivity index (χ1n) is 5.81. The lowest BCUT2D eigenvalue weighted by Crippen LogP contribution is -2.26. The molecule has 0 saturated carbocycles. The Hall–Kier alpha value is -1.30. The van der Waals surface area contributed by atoms with Crippen LogP contribution in [0.4, 0.5) is 5.69 Å². The van der Waals surface area contributed by atoms with Gasteiger partial charge in [-0.15, -0.1) is 0 Å². The summed E-state index contributed by atoms with van der Waals surface area (Å²) in [7, 11) is 0. The van der Waals surface area contributed by atoms with Crippen LogP contribution < -0.4 is 11.1 Å². The second-order valence-electron chi connectivity index (χ2n) is 4.09. The van der Waals surface area contributed by atoms with Crippen molar-refractivity contribution in [3.63, 3.8) is 0 Å². The third kappa shape index (κ3) is 2.93. The molecule has 2 aromatic rings. The van der Waals surface area contributed by atoms with Crippen LogP contribution in [-0.4, -0.2) is 16.9 Å². The molecule has 2 rings (SSSR count). The highest BCUT2D eigenvalue weighted by atomic mass is 127. The summed E-state index contributed by atoms with van der Waals surface area (Å²) in [5.41, 5.74) is 7.97. The summed E-state index contributed by atoms with van der Waals surface area (Å²) in [6, 6.07) is 12.1. The summed E-state index contributed by atoms with van der Waals surface area (Å²) in [4.78, 5) is 11.2. The topological polar surface area (TPSA) is 55.1 Å². The molecular formula is C14H15IN2O. The number of amides is 1. The van der Waals surface area contributed by atoms with E-state index in [-0.39, 0.29) is 5.91 Å². The molecule has 0 aromatic heterocycles. The molecule has 0 unspecified atom stereocenters. The number of halogens is 1. The molecule has 94 valence electrons. The third-order valence-electron chi connectivity index (χ3n) is 2.88. The van der Waals surface area contributed by atoms with E-state index in [0.717, 1.165) is 17.5 Å². The fourth-order valence-electron chi connectivity index (χ4n) is 2.00. The number of alkyl halides is 1. The largest absolute Gasteiger partial charge is 0.398 e. The van der Waals surface area contributed by atoms with Gasteiger partial charge in [0, 0.05) is 17.6 Å². The molecule has 1 amide bonds. The van der Waals surface area contributed by atoms with Gasteiger partial charge in [-0.2, -0.15) is 0 Å². The Morgan fingerprint density at radius 1 is 1.17 bits per heavy atom. The van der Waals surface area contributed by atoms with Gasteiger partial charge in [0.2, 0.25) is 5.91 Å². The molecule has 0 radical (unpaired) electrons. The lowest BCUT2D eigenvalue weighted by molar-refractivity contribution is -0.118. The monoisotopic (exact) mass is 354 g/mol. The van der Waals surface area contributed by atoms with E-state index in [4.69, 9.17) is 5.73 Å². The number of carbonyl (C=O) groups excluding carboxylic acids is 1. The average Bonchev–Trinajstić information content (AvgIpc) is 2.39. The van der Waals surface area contributed by atoms with Crippen LogP contribution >= 0.6 is 22.6 Å². The molecule has 3 N–H and O–H groups in total. The SMILES string of the molecule is Nc1cccc2c(CCNC(=O)CI)cccc12. The smallest absolute Gasteiger partial charge is 0.229 e. The van der Waals surface area contributed by atoms with E-state index in [1.54, 1.807) is 0 Å². The van der Waals surface area contributed by atoms with Crippen molar-refractivity contribution in [2.24, 2.45) is 0 Å². The quantitative estimate of drug-likeness (QED) is 0.504. The van der Waals surface area contributed by atoms with Crippen LogP contribution in [0.25, 0.3) is 10.8 Å². The lowest BCUT2D eigenvalue weighted by Gasteiger charge is -2.08. The number of anilines is 1. The van der Waals surface area contributed by atoms with Gasteiger partial charge in [0.25, 0.3) is 0 Å². The van der Waals surface area contributed by atoms with Gasteiger partial charge in [0.15, 0.2) is 0 Å².